The lowest BCUT2D eigenvalue weighted by Gasteiger charge is -2.44. The van der Waals surface area contributed by atoms with Crippen molar-refractivity contribution in [1.29, 1.82) is 0 Å². The Labute approximate surface area is 124 Å². The minimum atomic E-state index is -0.417. The van der Waals surface area contributed by atoms with E-state index in [9.17, 15) is 4.79 Å². The first-order valence-corrected chi connectivity index (χ1v) is 7.70. The van der Waals surface area contributed by atoms with Crippen LogP contribution in [0.15, 0.2) is 0 Å². The fourth-order valence-electron chi connectivity index (χ4n) is 3.17. The van der Waals surface area contributed by atoms with Crippen LogP contribution in [0.1, 0.15) is 53.4 Å². The summed E-state index contributed by atoms with van der Waals surface area (Å²) in [5.41, 5.74) is 5.99. The van der Waals surface area contributed by atoms with Crippen LogP contribution in [0.3, 0.4) is 0 Å². The van der Waals surface area contributed by atoms with Gasteiger partial charge in [-0.15, -0.1) is 0 Å². The van der Waals surface area contributed by atoms with E-state index >= 15 is 0 Å². The van der Waals surface area contributed by atoms with Gasteiger partial charge in [0, 0.05) is 20.6 Å². The second-order valence-electron chi connectivity index (χ2n) is 7.52. The molecule has 1 amide bonds. The first kappa shape index (κ1) is 17.4. The Kier molecular flexibility index (Phi) is 5.61. The maximum Gasteiger partial charge on any atom is 0.250 e. The normalized spacial score (nSPS) is 29.1. The Bertz CT molecular complexity index is 326. The van der Waals surface area contributed by atoms with Gasteiger partial charge in [-0.3, -0.25) is 4.79 Å². The summed E-state index contributed by atoms with van der Waals surface area (Å²) in [6, 6.07) is 0. The van der Waals surface area contributed by atoms with Gasteiger partial charge in [-0.1, -0.05) is 20.8 Å². The van der Waals surface area contributed by atoms with Crippen LogP contribution in [0, 0.1) is 11.3 Å². The summed E-state index contributed by atoms with van der Waals surface area (Å²) >= 11 is 0. The smallest absolute Gasteiger partial charge is 0.250 e. The third-order valence-corrected chi connectivity index (χ3v) is 4.71. The second-order valence-corrected chi connectivity index (χ2v) is 7.52. The number of carbonyl (C=O) groups excluding carboxylic acids is 1. The SMILES string of the molecule is CC(OC1(CN)CCC(C(C)(C)C)CC1)C(=O)N(C)C. The van der Waals surface area contributed by atoms with Crippen molar-refractivity contribution in [1.82, 2.24) is 4.90 Å². The van der Waals surface area contributed by atoms with E-state index in [1.165, 1.54) is 0 Å². The number of rotatable bonds is 4. The average molecular weight is 284 g/mol. The molecule has 1 rings (SSSR count). The molecule has 4 nitrogen and oxygen atoms in total. The minimum Gasteiger partial charge on any atom is -0.361 e. The summed E-state index contributed by atoms with van der Waals surface area (Å²) in [7, 11) is 3.52. The fourth-order valence-corrected chi connectivity index (χ4v) is 3.17. The monoisotopic (exact) mass is 284 g/mol. The van der Waals surface area contributed by atoms with Crippen molar-refractivity contribution in [2.45, 2.75) is 65.1 Å². The van der Waals surface area contributed by atoms with Gasteiger partial charge in [-0.05, 0) is 43.9 Å². The van der Waals surface area contributed by atoms with Crippen LogP contribution < -0.4 is 5.73 Å². The average Bonchev–Trinajstić information content (AvgIpc) is 2.37. The van der Waals surface area contributed by atoms with Crippen LogP contribution in [-0.2, 0) is 9.53 Å². The van der Waals surface area contributed by atoms with Crippen LogP contribution in [0.2, 0.25) is 0 Å². The molecule has 20 heavy (non-hydrogen) atoms. The van der Waals surface area contributed by atoms with Crippen molar-refractivity contribution in [3.8, 4) is 0 Å². The highest BCUT2D eigenvalue weighted by atomic mass is 16.5. The molecule has 0 bridgehead atoms. The van der Waals surface area contributed by atoms with E-state index in [4.69, 9.17) is 10.5 Å². The van der Waals surface area contributed by atoms with Crippen molar-refractivity contribution in [3.05, 3.63) is 0 Å². The van der Waals surface area contributed by atoms with Crippen LogP contribution in [0.5, 0.6) is 0 Å². The molecular weight excluding hydrogens is 252 g/mol. The fraction of sp³-hybridized carbons (Fsp3) is 0.938. The van der Waals surface area contributed by atoms with Gasteiger partial charge in [0.05, 0.1) is 5.60 Å². The Morgan fingerprint density at radius 2 is 1.85 bits per heavy atom. The molecule has 1 atom stereocenters. The van der Waals surface area contributed by atoms with Crippen molar-refractivity contribution in [3.63, 3.8) is 0 Å². The number of nitrogens with two attached hydrogens (primary N) is 1. The summed E-state index contributed by atoms with van der Waals surface area (Å²) in [5, 5.41) is 0. The predicted molar refractivity (Wildman–Crippen MR) is 82.4 cm³/mol. The van der Waals surface area contributed by atoms with Gasteiger partial charge >= 0.3 is 0 Å². The molecule has 0 spiro atoms. The zero-order valence-electron chi connectivity index (χ0n) is 14.0. The molecule has 0 aromatic carbocycles. The maximum atomic E-state index is 12.0. The molecule has 0 aromatic heterocycles. The Morgan fingerprint density at radius 3 is 2.20 bits per heavy atom. The summed E-state index contributed by atoms with van der Waals surface area (Å²) in [5.74, 6) is 0.724. The van der Waals surface area contributed by atoms with Gasteiger partial charge in [-0.2, -0.15) is 0 Å². The van der Waals surface area contributed by atoms with E-state index < -0.39 is 6.10 Å². The molecule has 0 saturated heterocycles. The summed E-state index contributed by atoms with van der Waals surface area (Å²) < 4.78 is 6.10. The minimum absolute atomic E-state index is 0.00997. The quantitative estimate of drug-likeness (QED) is 0.862. The Morgan fingerprint density at radius 1 is 1.35 bits per heavy atom. The number of hydrogen-bond acceptors (Lipinski definition) is 3. The first-order chi connectivity index (χ1) is 9.11. The second kappa shape index (κ2) is 6.44. The molecule has 118 valence electrons. The number of hydrogen-bond donors (Lipinski definition) is 1. The summed E-state index contributed by atoms with van der Waals surface area (Å²) in [4.78, 5) is 13.5. The van der Waals surface area contributed by atoms with Crippen LogP contribution in [0.25, 0.3) is 0 Å². The third-order valence-electron chi connectivity index (χ3n) is 4.71. The number of ether oxygens (including phenoxy) is 1. The van der Waals surface area contributed by atoms with E-state index in [2.05, 4.69) is 20.8 Å². The highest BCUT2D eigenvalue weighted by Crippen LogP contribution is 2.42. The predicted octanol–water partition coefficient (Wildman–Crippen LogP) is 2.41. The molecule has 4 heteroatoms. The van der Waals surface area contributed by atoms with Gasteiger partial charge in [0.2, 0.25) is 0 Å². The van der Waals surface area contributed by atoms with E-state index in [0.717, 1.165) is 25.7 Å². The Hall–Kier alpha value is -0.610. The lowest BCUT2D eigenvalue weighted by atomic mass is 9.68. The molecule has 1 unspecified atom stereocenters. The van der Waals surface area contributed by atoms with Gasteiger partial charge in [0.1, 0.15) is 6.10 Å². The topological polar surface area (TPSA) is 55.6 Å². The molecule has 2 N–H and O–H groups in total. The molecular formula is C16H32N2O2. The van der Waals surface area contributed by atoms with Crippen LogP contribution in [-0.4, -0.2) is 43.2 Å². The number of nitrogens with zero attached hydrogens (tertiary/aromatic N) is 1. The van der Waals surface area contributed by atoms with Gasteiger partial charge in [-0.25, -0.2) is 0 Å². The molecule has 1 saturated carbocycles. The third kappa shape index (κ3) is 4.19. The van der Waals surface area contributed by atoms with E-state index in [1.54, 1.807) is 19.0 Å². The number of carbonyl (C=O) groups is 1. The van der Waals surface area contributed by atoms with E-state index in [-0.39, 0.29) is 11.5 Å². The Balaban J connectivity index is 2.65. The van der Waals surface area contributed by atoms with Crippen molar-refractivity contribution in [2.75, 3.05) is 20.6 Å². The molecule has 0 heterocycles. The lowest BCUT2D eigenvalue weighted by molar-refractivity contribution is -0.159. The number of likely N-dealkylation sites (N-methyl/N-ethyl adjacent to an activating group) is 1. The standard InChI is InChI=1S/C16H32N2O2/c1-12(14(19)18(5)6)20-16(11-17)9-7-13(8-10-16)15(2,3)4/h12-13H,7-11,17H2,1-6H3. The zero-order valence-corrected chi connectivity index (χ0v) is 14.0. The number of amides is 1. The zero-order chi connectivity index (χ0) is 15.6. The molecule has 1 fully saturated rings. The molecule has 1 aliphatic carbocycles. The maximum absolute atomic E-state index is 12.0. The van der Waals surface area contributed by atoms with Crippen molar-refractivity contribution in [2.24, 2.45) is 17.1 Å². The molecule has 1 aliphatic rings. The molecule has 0 radical (unpaired) electrons. The first-order valence-electron chi connectivity index (χ1n) is 7.70. The highest BCUT2D eigenvalue weighted by Gasteiger charge is 2.40. The van der Waals surface area contributed by atoms with E-state index in [1.807, 2.05) is 6.92 Å². The van der Waals surface area contributed by atoms with Crippen molar-refractivity contribution < 1.29 is 9.53 Å². The summed E-state index contributed by atoms with van der Waals surface area (Å²) in [6.07, 6.45) is 3.75. The van der Waals surface area contributed by atoms with Crippen LogP contribution in [0.4, 0.5) is 0 Å². The van der Waals surface area contributed by atoms with Gasteiger partial charge < -0.3 is 15.4 Å². The summed E-state index contributed by atoms with van der Waals surface area (Å²) in [6.45, 7) is 9.22. The van der Waals surface area contributed by atoms with Gasteiger partial charge in [0.15, 0.2) is 0 Å². The largest absolute Gasteiger partial charge is 0.361 e. The van der Waals surface area contributed by atoms with Crippen LogP contribution >= 0.6 is 0 Å². The van der Waals surface area contributed by atoms with E-state index in [0.29, 0.717) is 17.9 Å². The lowest BCUT2D eigenvalue weighted by Crippen LogP contribution is -2.49. The van der Waals surface area contributed by atoms with Gasteiger partial charge in [0.25, 0.3) is 5.91 Å². The highest BCUT2D eigenvalue weighted by molar-refractivity contribution is 5.80. The molecule has 0 aliphatic heterocycles. The molecule has 0 aromatic rings. The van der Waals surface area contributed by atoms with Crippen molar-refractivity contribution >= 4 is 5.91 Å².